The zero-order valence-electron chi connectivity index (χ0n) is 26.9. The molecule has 3 heterocycles. The molecule has 6 rings (SSSR count). The quantitative estimate of drug-likeness (QED) is 0.199. The molecule has 1 aromatic carbocycles. The summed E-state index contributed by atoms with van der Waals surface area (Å²) >= 11 is 0. The van der Waals surface area contributed by atoms with Gasteiger partial charge in [0.2, 0.25) is 0 Å². The number of hydrogen-bond donors (Lipinski definition) is 1. The van der Waals surface area contributed by atoms with Crippen molar-refractivity contribution in [3.8, 4) is 0 Å². The van der Waals surface area contributed by atoms with Crippen molar-refractivity contribution in [3.05, 3.63) is 40.3 Å². The highest BCUT2D eigenvalue weighted by molar-refractivity contribution is 6.00. The lowest BCUT2D eigenvalue weighted by Gasteiger charge is -2.55. The Hall–Kier alpha value is -2.78. The van der Waals surface area contributed by atoms with Crippen molar-refractivity contribution in [3.63, 3.8) is 0 Å². The van der Waals surface area contributed by atoms with Crippen LogP contribution in [0.2, 0.25) is 0 Å². The average Bonchev–Trinajstić information content (AvgIpc) is 2.97. The first kappa shape index (κ1) is 31.2. The van der Waals surface area contributed by atoms with Crippen LogP contribution in [-0.2, 0) is 9.63 Å². The van der Waals surface area contributed by atoms with Crippen molar-refractivity contribution in [1.29, 1.82) is 0 Å². The van der Waals surface area contributed by atoms with E-state index in [1.54, 1.807) is 0 Å². The van der Waals surface area contributed by atoms with E-state index in [-0.39, 0.29) is 30.1 Å². The van der Waals surface area contributed by atoms with Crippen LogP contribution in [0, 0.1) is 17.8 Å². The number of carboxylic acids is 1. The molecular weight excluding hydrogens is 554 g/mol. The molecule has 7 atom stereocenters. The van der Waals surface area contributed by atoms with Crippen LogP contribution in [0.5, 0.6) is 0 Å². The van der Waals surface area contributed by atoms with E-state index < -0.39 is 5.97 Å². The number of benzene rings is 1. The Kier molecular flexibility index (Phi) is 9.71. The molecular formula is C35H51N5O4. The van der Waals surface area contributed by atoms with Crippen LogP contribution < -0.4 is 5.56 Å². The zero-order valence-corrected chi connectivity index (χ0v) is 26.9. The van der Waals surface area contributed by atoms with E-state index in [2.05, 4.69) is 21.9 Å². The number of piperidine rings is 2. The highest BCUT2D eigenvalue weighted by atomic mass is 16.6. The monoisotopic (exact) mass is 605 g/mol. The molecule has 4 fully saturated rings. The third kappa shape index (κ3) is 6.89. The van der Waals surface area contributed by atoms with Gasteiger partial charge in [-0.25, -0.2) is 4.98 Å². The van der Waals surface area contributed by atoms with Crippen molar-refractivity contribution >= 4 is 22.7 Å². The van der Waals surface area contributed by atoms with Crippen LogP contribution >= 0.6 is 0 Å². The zero-order chi connectivity index (χ0) is 30.8. The van der Waals surface area contributed by atoms with Gasteiger partial charge in [-0.2, -0.15) is 0 Å². The first-order chi connectivity index (χ1) is 21.3. The Morgan fingerprint density at radius 2 is 1.68 bits per heavy atom. The minimum absolute atomic E-state index is 0.0746. The summed E-state index contributed by atoms with van der Waals surface area (Å²) in [6.07, 6.45) is 13.2. The van der Waals surface area contributed by atoms with Crippen LogP contribution in [-0.4, -0.2) is 81.5 Å². The molecule has 2 saturated carbocycles. The van der Waals surface area contributed by atoms with Gasteiger partial charge in [0.1, 0.15) is 12.3 Å². The second-order valence-electron chi connectivity index (χ2n) is 14.5. The topological polar surface area (TPSA) is 100 Å². The first-order valence-corrected chi connectivity index (χ1v) is 17.1. The number of rotatable bonds is 11. The van der Waals surface area contributed by atoms with E-state index in [1.807, 2.05) is 42.9 Å². The fraction of sp³-hybridized carbons (Fsp3) is 0.714. The molecule has 2 aliphatic carbocycles. The predicted octanol–water partition coefficient (Wildman–Crippen LogP) is 5.71. The molecule has 9 nitrogen and oxygen atoms in total. The van der Waals surface area contributed by atoms with Gasteiger partial charge in [0, 0.05) is 37.1 Å². The maximum atomic E-state index is 14.4. The molecule has 44 heavy (non-hydrogen) atoms. The van der Waals surface area contributed by atoms with Crippen LogP contribution in [0.3, 0.4) is 0 Å². The van der Waals surface area contributed by atoms with E-state index in [9.17, 15) is 14.7 Å². The molecule has 9 heteroatoms. The SMILES string of the molecule is C[C@@H]1C[C@@H]2C[C@H](C1)C[C@@H](N1[C@@H]3CCC[C@H]1C[C@@H](n1c(=O)c(/C(CCC(=O)O)=N/OCCCN(C)C)nc4ccccc41)C3)C2. The summed E-state index contributed by atoms with van der Waals surface area (Å²) in [7, 11) is 4.00. The van der Waals surface area contributed by atoms with Crippen molar-refractivity contribution in [2.75, 3.05) is 27.2 Å². The molecule has 4 aliphatic rings. The summed E-state index contributed by atoms with van der Waals surface area (Å²) in [5.74, 6) is 1.69. The second-order valence-corrected chi connectivity index (χ2v) is 14.5. The van der Waals surface area contributed by atoms with Crippen LogP contribution in [0.15, 0.2) is 34.2 Å². The van der Waals surface area contributed by atoms with E-state index in [1.165, 1.54) is 51.4 Å². The number of aliphatic carboxylic acids is 1. The molecule has 2 saturated heterocycles. The van der Waals surface area contributed by atoms with E-state index >= 15 is 0 Å². The number of nitrogens with zero attached hydrogens (tertiary/aromatic N) is 5. The summed E-state index contributed by atoms with van der Waals surface area (Å²) in [6, 6.07) is 9.62. The van der Waals surface area contributed by atoms with Gasteiger partial charge in [-0.15, -0.1) is 0 Å². The number of oxime groups is 1. The minimum atomic E-state index is -0.937. The second kappa shape index (κ2) is 13.7. The maximum absolute atomic E-state index is 14.4. The lowest BCUT2D eigenvalue weighted by Crippen LogP contribution is -2.59. The smallest absolute Gasteiger partial charge is 0.303 e. The predicted molar refractivity (Wildman–Crippen MR) is 173 cm³/mol. The Morgan fingerprint density at radius 3 is 2.36 bits per heavy atom. The number of fused-ring (bicyclic) bond motifs is 5. The van der Waals surface area contributed by atoms with Crippen molar-refractivity contribution in [1.82, 2.24) is 19.4 Å². The van der Waals surface area contributed by atoms with Gasteiger partial charge in [-0.05, 0) is 108 Å². The summed E-state index contributed by atoms with van der Waals surface area (Å²) in [4.78, 5) is 41.4. The first-order valence-electron chi connectivity index (χ1n) is 17.1. The molecule has 2 aromatic rings. The van der Waals surface area contributed by atoms with Gasteiger partial charge in [-0.3, -0.25) is 14.5 Å². The number of carbonyl (C=O) groups is 1. The Morgan fingerprint density at radius 1 is 0.977 bits per heavy atom. The third-order valence-corrected chi connectivity index (χ3v) is 10.8. The summed E-state index contributed by atoms with van der Waals surface area (Å²) in [5.41, 5.74) is 1.95. The van der Waals surface area contributed by atoms with Gasteiger partial charge < -0.3 is 19.4 Å². The Bertz CT molecular complexity index is 1370. The fourth-order valence-electron chi connectivity index (χ4n) is 9.29. The minimum Gasteiger partial charge on any atom is -0.481 e. The maximum Gasteiger partial charge on any atom is 0.303 e. The largest absolute Gasteiger partial charge is 0.481 e. The van der Waals surface area contributed by atoms with Crippen LogP contribution in [0.4, 0.5) is 0 Å². The molecule has 2 aliphatic heterocycles. The Balaban J connectivity index is 1.30. The van der Waals surface area contributed by atoms with Crippen molar-refractivity contribution in [2.24, 2.45) is 22.9 Å². The van der Waals surface area contributed by atoms with Gasteiger partial charge in [-0.1, -0.05) is 30.6 Å². The lowest BCUT2D eigenvalue weighted by atomic mass is 9.65. The number of carboxylic acid groups (broad SMARTS) is 1. The average molecular weight is 606 g/mol. The van der Waals surface area contributed by atoms with Crippen LogP contribution in [0.1, 0.15) is 102 Å². The molecule has 0 unspecified atom stereocenters. The van der Waals surface area contributed by atoms with E-state index in [0.29, 0.717) is 30.4 Å². The summed E-state index contributed by atoms with van der Waals surface area (Å²) < 4.78 is 1.99. The molecule has 1 aromatic heterocycles. The fourth-order valence-corrected chi connectivity index (χ4v) is 9.29. The highest BCUT2D eigenvalue weighted by Crippen LogP contribution is 2.48. The summed E-state index contributed by atoms with van der Waals surface area (Å²) in [5, 5.41) is 13.8. The van der Waals surface area contributed by atoms with E-state index in [0.717, 1.165) is 54.6 Å². The molecule has 0 radical (unpaired) electrons. The lowest BCUT2D eigenvalue weighted by molar-refractivity contribution is -0.136. The van der Waals surface area contributed by atoms with Gasteiger partial charge in [0.25, 0.3) is 5.56 Å². The van der Waals surface area contributed by atoms with Crippen molar-refractivity contribution in [2.45, 2.75) is 115 Å². The van der Waals surface area contributed by atoms with Crippen molar-refractivity contribution < 1.29 is 14.7 Å². The number of para-hydroxylation sites is 2. The van der Waals surface area contributed by atoms with Gasteiger partial charge in [0.05, 0.1) is 17.5 Å². The summed E-state index contributed by atoms with van der Waals surface area (Å²) in [6.45, 7) is 3.68. The highest BCUT2D eigenvalue weighted by Gasteiger charge is 2.46. The van der Waals surface area contributed by atoms with E-state index in [4.69, 9.17) is 9.82 Å². The molecule has 0 amide bonds. The normalized spacial score (nSPS) is 30.9. The third-order valence-electron chi connectivity index (χ3n) is 10.8. The van der Waals surface area contributed by atoms with Crippen LogP contribution in [0.25, 0.3) is 11.0 Å². The van der Waals surface area contributed by atoms with Gasteiger partial charge in [0.15, 0.2) is 5.69 Å². The Labute approximate surface area is 261 Å². The molecule has 240 valence electrons. The molecule has 1 N–H and O–H groups in total. The molecule has 4 bridgehead atoms. The number of hydrogen-bond acceptors (Lipinski definition) is 7. The standard InChI is InChI=1S/C35H51N5O4/c1-23-16-24-18-25(17-23)20-28(19-24)39-26-8-6-9-27(39)22-29(21-26)40-32-11-5-4-10-30(32)36-34(35(40)43)31(12-13-33(41)42)37-44-15-7-14-38(2)3/h4-5,10-11,23-29H,6-9,12-22H2,1-3H3,(H,41,42)/b37-31+/t23-,24-,25+,26-,27+,28+,29+. The van der Waals surface area contributed by atoms with Gasteiger partial charge >= 0.3 is 5.97 Å². The number of aromatic nitrogens is 2. The molecule has 0 spiro atoms.